The maximum atomic E-state index is 6.64. The van der Waals surface area contributed by atoms with Crippen molar-refractivity contribution in [2.75, 3.05) is 0 Å². The summed E-state index contributed by atoms with van der Waals surface area (Å²) in [6, 6.07) is 6.69. The van der Waals surface area contributed by atoms with Gasteiger partial charge in [-0.3, -0.25) is 0 Å². The standard InChI is InChI=1S/C16H23Cl/c1-11-7-8-12(2)14(9-11)10-16(17)15-6-4-5-13(15)3/h7-9,13,15-16H,4-6,10H2,1-3H3. The second kappa shape index (κ2) is 5.44. The monoisotopic (exact) mass is 250 g/mol. The zero-order valence-electron chi connectivity index (χ0n) is 11.2. The molecule has 0 heterocycles. The van der Waals surface area contributed by atoms with E-state index in [1.807, 2.05) is 0 Å². The zero-order valence-corrected chi connectivity index (χ0v) is 11.9. The van der Waals surface area contributed by atoms with Gasteiger partial charge in [0.25, 0.3) is 0 Å². The van der Waals surface area contributed by atoms with Gasteiger partial charge in [0.05, 0.1) is 0 Å². The highest BCUT2D eigenvalue weighted by atomic mass is 35.5. The first kappa shape index (κ1) is 13.0. The van der Waals surface area contributed by atoms with Gasteiger partial charge in [-0.25, -0.2) is 0 Å². The Morgan fingerprint density at radius 1 is 1.29 bits per heavy atom. The molecule has 3 unspecified atom stereocenters. The lowest BCUT2D eigenvalue weighted by atomic mass is 9.89. The number of hydrogen-bond donors (Lipinski definition) is 0. The summed E-state index contributed by atoms with van der Waals surface area (Å²) in [4.78, 5) is 0. The number of benzene rings is 1. The van der Waals surface area contributed by atoms with Crippen LogP contribution in [0.25, 0.3) is 0 Å². The quantitative estimate of drug-likeness (QED) is 0.670. The van der Waals surface area contributed by atoms with Crippen LogP contribution < -0.4 is 0 Å². The van der Waals surface area contributed by atoms with Crippen LogP contribution in [-0.4, -0.2) is 5.38 Å². The Morgan fingerprint density at radius 3 is 2.71 bits per heavy atom. The van der Waals surface area contributed by atoms with E-state index in [1.165, 1.54) is 36.0 Å². The minimum absolute atomic E-state index is 0.313. The molecule has 0 N–H and O–H groups in total. The molecule has 0 radical (unpaired) electrons. The summed E-state index contributed by atoms with van der Waals surface area (Å²) in [5.74, 6) is 1.53. The summed E-state index contributed by atoms with van der Waals surface area (Å²) in [6.45, 7) is 6.71. The van der Waals surface area contributed by atoms with Crippen molar-refractivity contribution in [2.45, 2.75) is 51.8 Å². The minimum atomic E-state index is 0.313. The Morgan fingerprint density at radius 2 is 2.06 bits per heavy atom. The van der Waals surface area contributed by atoms with Crippen LogP contribution >= 0.6 is 11.6 Å². The third-order valence-corrected chi connectivity index (χ3v) is 4.79. The fraction of sp³-hybridized carbons (Fsp3) is 0.625. The molecule has 0 spiro atoms. The predicted octanol–water partition coefficient (Wildman–Crippen LogP) is 4.89. The van der Waals surface area contributed by atoms with E-state index in [0.717, 1.165) is 18.3 Å². The Bertz CT molecular complexity index is 383. The fourth-order valence-corrected chi connectivity index (χ4v) is 3.63. The molecule has 17 heavy (non-hydrogen) atoms. The maximum absolute atomic E-state index is 6.64. The molecule has 2 rings (SSSR count). The molecule has 1 fully saturated rings. The summed E-state index contributed by atoms with van der Waals surface area (Å²) in [6.07, 6.45) is 5.08. The van der Waals surface area contributed by atoms with Crippen molar-refractivity contribution < 1.29 is 0 Å². The number of hydrogen-bond acceptors (Lipinski definition) is 0. The molecule has 1 heteroatoms. The summed E-state index contributed by atoms with van der Waals surface area (Å²) < 4.78 is 0. The summed E-state index contributed by atoms with van der Waals surface area (Å²) in [5.41, 5.74) is 4.16. The molecule has 1 aromatic rings. The summed E-state index contributed by atoms with van der Waals surface area (Å²) in [5, 5.41) is 0.313. The van der Waals surface area contributed by atoms with E-state index in [1.54, 1.807) is 0 Å². The van der Waals surface area contributed by atoms with Crippen LogP contribution in [0.15, 0.2) is 18.2 Å². The third-order valence-electron chi connectivity index (χ3n) is 4.31. The average Bonchev–Trinajstić information content (AvgIpc) is 2.70. The molecule has 0 aromatic heterocycles. The van der Waals surface area contributed by atoms with Crippen molar-refractivity contribution in [3.05, 3.63) is 34.9 Å². The van der Waals surface area contributed by atoms with Gasteiger partial charge in [0.15, 0.2) is 0 Å². The molecule has 1 aliphatic rings. The smallest absolute Gasteiger partial charge is 0.0407 e. The van der Waals surface area contributed by atoms with Crippen LogP contribution in [0.2, 0.25) is 0 Å². The van der Waals surface area contributed by atoms with Gasteiger partial charge in [0.2, 0.25) is 0 Å². The Balaban J connectivity index is 2.07. The van der Waals surface area contributed by atoms with Crippen molar-refractivity contribution >= 4 is 11.6 Å². The van der Waals surface area contributed by atoms with E-state index in [4.69, 9.17) is 11.6 Å². The van der Waals surface area contributed by atoms with Crippen LogP contribution in [0.5, 0.6) is 0 Å². The van der Waals surface area contributed by atoms with Gasteiger partial charge in [-0.1, -0.05) is 43.5 Å². The van der Waals surface area contributed by atoms with Crippen LogP contribution in [0.3, 0.4) is 0 Å². The molecule has 0 saturated heterocycles. The van der Waals surface area contributed by atoms with Crippen molar-refractivity contribution in [2.24, 2.45) is 11.8 Å². The number of rotatable bonds is 3. The topological polar surface area (TPSA) is 0 Å². The van der Waals surface area contributed by atoms with E-state index in [2.05, 4.69) is 39.0 Å². The SMILES string of the molecule is Cc1ccc(C)c(CC(Cl)C2CCCC2C)c1. The Kier molecular flexibility index (Phi) is 4.14. The predicted molar refractivity (Wildman–Crippen MR) is 75.8 cm³/mol. The first-order chi connectivity index (χ1) is 8.08. The summed E-state index contributed by atoms with van der Waals surface area (Å²) in [7, 11) is 0. The van der Waals surface area contributed by atoms with E-state index >= 15 is 0 Å². The molecular weight excluding hydrogens is 228 g/mol. The Hall–Kier alpha value is -0.490. The van der Waals surface area contributed by atoms with Crippen LogP contribution in [0.1, 0.15) is 42.9 Å². The van der Waals surface area contributed by atoms with Crippen LogP contribution in [-0.2, 0) is 6.42 Å². The van der Waals surface area contributed by atoms with Crippen LogP contribution in [0.4, 0.5) is 0 Å². The fourth-order valence-electron chi connectivity index (χ4n) is 3.09. The number of aryl methyl sites for hydroxylation is 2. The number of halogens is 1. The molecule has 1 aromatic carbocycles. The van der Waals surface area contributed by atoms with Gasteiger partial charge in [0.1, 0.15) is 0 Å². The van der Waals surface area contributed by atoms with Gasteiger partial charge in [-0.2, -0.15) is 0 Å². The maximum Gasteiger partial charge on any atom is 0.0407 e. The van der Waals surface area contributed by atoms with Gasteiger partial charge >= 0.3 is 0 Å². The number of alkyl halides is 1. The second-order valence-electron chi connectivity index (χ2n) is 5.72. The lowest BCUT2D eigenvalue weighted by Crippen LogP contribution is -2.20. The van der Waals surface area contributed by atoms with Crippen molar-refractivity contribution in [3.8, 4) is 0 Å². The molecule has 94 valence electrons. The van der Waals surface area contributed by atoms with E-state index in [9.17, 15) is 0 Å². The molecule has 1 saturated carbocycles. The molecular formula is C16H23Cl. The highest BCUT2D eigenvalue weighted by Gasteiger charge is 2.29. The first-order valence-electron chi connectivity index (χ1n) is 6.78. The van der Waals surface area contributed by atoms with Gasteiger partial charge in [0, 0.05) is 5.38 Å². The average molecular weight is 251 g/mol. The molecule has 0 nitrogen and oxygen atoms in total. The van der Waals surface area contributed by atoms with Crippen molar-refractivity contribution in [3.63, 3.8) is 0 Å². The minimum Gasteiger partial charge on any atom is -0.122 e. The first-order valence-corrected chi connectivity index (χ1v) is 7.22. The highest BCUT2D eigenvalue weighted by molar-refractivity contribution is 6.21. The molecule has 3 atom stereocenters. The summed E-state index contributed by atoms with van der Waals surface area (Å²) >= 11 is 6.64. The van der Waals surface area contributed by atoms with Crippen molar-refractivity contribution in [1.29, 1.82) is 0 Å². The van der Waals surface area contributed by atoms with E-state index in [0.29, 0.717) is 5.38 Å². The molecule has 0 amide bonds. The molecule has 0 aliphatic heterocycles. The molecule has 1 aliphatic carbocycles. The van der Waals surface area contributed by atoms with Gasteiger partial charge in [-0.05, 0) is 49.7 Å². The van der Waals surface area contributed by atoms with E-state index in [-0.39, 0.29) is 0 Å². The zero-order chi connectivity index (χ0) is 12.4. The third kappa shape index (κ3) is 3.04. The normalized spacial score (nSPS) is 26.1. The van der Waals surface area contributed by atoms with Crippen LogP contribution in [0, 0.1) is 25.7 Å². The van der Waals surface area contributed by atoms with Gasteiger partial charge < -0.3 is 0 Å². The highest BCUT2D eigenvalue weighted by Crippen LogP contribution is 2.37. The molecule has 0 bridgehead atoms. The largest absolute Gasteiger partial charge is 0.122 e. The lowest BCUT2D eigenvalue weighted by molar-refractivity contribution is 0.398. The van der Waals surface area contributed by atoms with E-state index < -0.39 is 0 Å². The Labute approximate surface area is 110 Å². The lowest BCUT2D eigenvalue weighted by Gasteiger charge is -2.22. The van der Waals surface area contributed by atoms with Gasteiger partial charge in [-0.15, -0.1) is 11.6 Å². The van der Waals surface area contributed by atoms with Crippen molar-refractivity contribution in [1.82, 2.24) is 0 Å². The second-order valence-corrected chi connectivity index (χ2v) is 6.28.